The molecule has 0 radical (unpaired) electrons. The maximum Gasteiger partial charge on any atom is 0.239 e. The van der Waals surface area contributed by atoms with Gasteiger partial charge in [-0.05, 0) is 84.7 Å². The largest absolute Gasteiger partial charge is 0.476 e. The number of hydrogen-bond donors (Lipinski definition) is 4. The number of piperazine rings is 1. The van der Waals surface area contributed by atoms with Gasteiger partial charge in [-0.2, -0.15) is 4.98 Å². The van der Waals surface area contributed by atoms with Crippen LogP contribution in [-0.4, -0.2) is 110 Å². The summed E-state index contributed by atoms with van der Waals surface area (Å²) in [6, 6.07) is 21.2. The number of nitrogens with zero attached hydrogens (tertiary/aromatic N) is 5. The SMILES string of the molecule is CC1(C)CCC(CN2CCN(c3ccc(C(=O)NS(=O)(=O)c4ccc(NCC5CC[PH](C)(O)CC5)c([N+](=O)[O-])c4)c(N4CCCOc5nc6[nH]ccc6cc54)c3)CC2)=C(c2ccc(Cl)cc2)C1. The molecule has 5 aromatic rings. The van der Waals surface area contributed by atoms with E-state index in [1.807, 2.05) is 48.0 Å². The van der Waals surface area contributed by atoms with Gasteiger partial charge in [0.1, 0.15) is 11.3 Å². The van der Waals surface area contributed by atoms with Crippen molar-refractivity contribution in [2.75, 3.05) is 86.5 Å². The van der Waals surface area contributed by atoms with Crippen molar-refractivity contribution in [1.29, 1.82) is 0 Å². The van der Waals surface area contributed by atoms with Crippen molar-refractivity contribution in [3.8, 4) is 5.88 Å². The van der Waals surface area contributed by atoms with Gasteiger partial charge in [0.15, 0.2) is 0 Å². The molecule has 1 aliphatic carbocycles. The van der Waals surface area contributed by atoms with Gasteiger partial charge in [0, 0.05) is 61.6 Å². The van der Waals surface area contributed by atoms with Crippen LogP contribution in [0.25, 0.3) is 16.6 Å². The van der Waals surface area contributed by atoms with Crippen LogP contribution in [0.4, 0.5) is 28.4 Å². The van der Waals surface area contributed by atoms with Crippen LogP contribution in [0, 0.1) is 21.4 Å². The molecule has 0 bridgehead atoms. The fourth-order valence-corrected chi connectivity index (χ4v) is 13.4. The number of rotatable bonds is 12. The number of benzene rings is 3. The number of amides is 1. The second kappa shape index (κ2) is 19.0. The third kappa shape index (κ3) is 10.6. The standard InChI is InChI=1S/C49H60ClN8O7PS/c1-49(2)17-13-36(41(30-49)34-5-7-37(50)8-6-34)32-55-20-22-56(23-21-55)38-9-11-40(43(28-38)57-19-4-24-65-48-45(57)27-35-14-18-51-46(35)53-48)47(59)54-67(63,64)39-10-12-42(44(29-39)58(60)61)52-31-33-15-25-66(3,62)26-16-33/h5-12,14,18,27-29,33,52,62,66H,4,13,15-17,19-26,30-32H2,1-3H3,(H,51,53)(H,54,59). The van der Waals surface area contributed by atoms with Crippen molar-refractivity contribution < 1.29 is 27.8 Å². The third-order valence-electron chi connectivity index (χ3n) is 14.1. The molecule has 4 N–H and O–H groups in total. The van der Waals surface area contributed by atoms with Crippen LogP contribution >= 0.6 is 19.1 Å². The fourth-order valence-electron chi connectivity index (χ4n) is 10.0. The number of sulfonamides is 1. The van der Waals surface area contributed by atoms with Crippen LogP contribution in [-0.2, 0) is 10.0 Å². The Kier molecular flexibility index (Phi) is 13.3. The van der Waals surface area contributed by atoms with E-state index in [4.69, 9.17) is 21.3 Å². The number of aromatic nitrogens is 2. The van der Waals surface area contributed by atoms with Crippen molar-refractivity contribution >= 4 is 80.1 Å². The summed E-state index contributed by atoms with van der Waals surface area (Å²) >= 11 is 6.27. The van der Waals surface area contributed by atoms with Crippen LogP contribution in [0.3, 0.4) is 0 Å². The maximum atomic E-state index is 14.4. The summed E-state index contributed by atoms with van der Waals surface area (Å²) in [5.74, 6) is -0.252. The molecule has 5 heterocycles. The monoisotopic (exact) mass is 970 g/mol. The number of nitrogens with one attached hydrogen (secondary N) is 3. The van der Waals surface area contributed by atoms with Gasteiger partial charge in [-0.3, -0.25) is 9.69 Å². The number of carbonyl (C=O) groups is 1. The molecule has 1 amide bonds. The number of nitro benzene ring substituents is 1. The molecule has 0 spiro atoms. The van der Waals surface area contributed by atoms with Crippen LogP contribution < -0.4 is 24.6 Å². The molecule has 2 fully saturated rings. The average Bonchev–Trinajstić information content (AvgIpc) is 3.66. The zero-order valence-electron chi connectivity index (χ0n) is 38.3. The number of aromatic amines is 1. The molecule has 2 saturated heterocycles. The fraction of sp³-hybridized carbons (Fsp3) is 0.429. The van der Waals surface area contributed by atoms with Gasteiger partial charge in [-0.15, -0.1) is 0 Å². The van der Waals surface area contributed by atoms with E-state index in [9.17, 15) is 28.2 Å². The molecule has 15 nitrogen and oxygen atoms in total. The van der Waals surface area contributed by atoms with Gasteiger partial charge in [0.05, 0.1) is 17.9 Å². The molecule has 3 aliphatic heterocycles. The van der Waals surface area contributed by atoms with Crippen LogP contribution in [0.1, 0.15) is 68.3 Å². The molecule has 9 rings (SSSR count). The molecule has 67 heavy (non-hydrogen) atoms. The topological polar surface area (TPSA) is 186 Å². The number of allylic oxidation sites excluding steroid dienone is 1. The summed E-state index contributed by atoms with van der Waals surface area (Å²) in [4.78, 5) is 50.8. The second-order valence-electron chi connectivity index (χ2n) is 19.7. The van der Waals surface area contributed by atoms with Gasteiger partial charge in [0.25, 0.3) is 0 Å². The number of fused-ring (bicyclic) bond motifs is 2. The molecule has 0 saturated carbocycles. The molecule has 356 valence electrons. The first-order valence-corrected chi connectivity index (χ1v) is 28.0. The van der Waals surface area contributed by atoms with Gasteiger partial charge < -0.3 is 19.5 Å². The molecular weight excluding hydrogens is 911 g/mol. The first kappa shape index (κ1) is 46.8. The molecule has 0 unspecified atom stereocenters. The summed E-state index contributed by atoms with van der Waals surface area (Å²) in [5, 5.41) is 17.0. The summed E-state index contributed by atoms with van der Waals surface area (Å²) in [6.45, 7) is 12.0. The van der Waals surface area contributed by atoms with Crippen LogP contribution in [0.15, 0.2) is 89.5 Å². The number of pyridine rings is 1. The van der Waals surface area contributed by atoms with E-state index in [1.54, 1.807) is 12.3 Å². The molecule has 0 atom stereocenters. The Morgan fingerprint density at radius 1 is 1.01 bits per heavy atom. The van der Waals surface area contributed by atoms with Crippen molar-refractivity contribution in [1.82, 2.24) is 19.6 Å². The van der Waals surface area contributed by atoms with E-state index in [1.165, 1.54) is 28.8 Å². The van der Waals surface area contributed by atoms with E-state index in [0.717, 1.165) is 99.3 Å². The number of nitro groups is 1. The molecule has 2 aromatic heterocycles. The minimum Gasteiger partial charge on any atom is -0.476 e. The number of hydrogen-bond acceptors (Lipinski definition) is 12. The number of anilines is 4. The van der Waals surface area contributed by atoms with Crippen molar-refractivity contribution in [3.05, 3.63) is 111 Å². The normalized spacial score (nSPS) is 20.4. The summed E-state index contributed by atoms with van der Waals surface area (Å²) in [5.41, 5.74) is 6.90. The zero-order valence-corrected chi connectivity index (χ0v) is 40.9. The molecule has 3 aromatic carbocycles. The summed E-state index contributed by atoms with van der Waals surface area (Å²) in [7, 11) is -6.75. The van der Waals surface area contributed by atoms with E-state index >= 15 is 0 Å². The van der Waals surface area contributed by atoms with Gasteiger partial charge in [-0.1, -0.05) is 43.2 Å². The average molecular weight is 972 g/mol. The van der Waals surface area contributed by atoms with Gasteiger partial charge >= 0.3 is 141 Å². The van der Waals surface area contributed by atoms with Crippen molar-refractivity contribution in [3.63, 3.8) is 0 Å². The van der Waals surface area contributed by atoms with E-state index in [0.29, 0.717) is 49.0 Å². The van der Waals surface area contributed by atoms with Gasteiger partial charge in [-0.25, -0.2) is 0 Å². The number of halogens is 1. The van der Waals surface area contributed by atoms with Gasteiger partial charge in [0.2, 0.25) is 5.88 Å². The first-order chi connectivity index (χ1) is 32.0. The smallest absolute Gasteiger partial charge is 0.239 e. The first-order valence-electron chi connectivity index (χ1n) is 23.3. The van der Waals surface area contributed by atoms with Crippen LogP contribution in [0.2, 0.25) is 5.02 Å². The predicted octanol–water partition coefficient (Wildman–Crippen LogP) is 9.06. The third-order valence-corrected chi connectivity index (χ3v) is 18.4. The van der Waals surface area contributed by atoms with E-state index in [2.05, 4.69) is 50.8 Å². The van der Waals surface area contributed by atoms with E-state index < -0.39 is 38.9 Å². The van der Waals surface area contributed by atoms with Crippen molar-refractivity contribution in [2.45, 2.75) is 57.3 Å². The Hall–Kier alpha value is -5.25. The zero-order chi connectivity index (χ0) is 47.1. The number of ether oxygens (including phenoxy) is 1. The number of H-pyrrole nitrogens is 1. The molecule has 18 heteroatoms. The minimum atomic E-state index is -4.58. The molecule has 4 aliphatic rings. The quantitative estimate of drug-likeness (QED) is 0.0529. The number of carbonyl (C=O) groups excluding carboxylic acids is 1. The Balaban J connectivity index is 0.975. The van der Waals surface area contributed by atoms with E-state index in [-0.39, 0.29) is 22.6 Å². The van der Waals surface area contributed by atoms with Crippen LogP contribution in [0.5, 0.6) is 5.88 Å². The maximum absolute atomic E-state index is 14.4. The minimum absolute atomic E-state index is 0.108. The molecular formula is C49H60ClN8O7PS. The Bertz CT molecular complexity index is 2820. The predicted molar refractivity (Wildman–Crippen MR) is 269 cm³/mol. The van der Waals surface area contributed by atoms with Crippen molar-refractivity contribution in [2.24, 2.45) is 11.3 Å². The Labute approximate surface area is 397 Å². The summed E-state index contributed by atoms with van der Waals surface area (Å²) in [6.07, 6.45) is 8.80. The summed E-state index contributed by atoms with van der Waals surface area (Å²) < 4.78 is 36.4. The Morgan fingerprint density at radius 2 is 1.78 bits per heavy atom. The Morgan fingerprint density at radius 3 is 2.52 bits per heavy atom. The second-order valence-corrected chi connectivity index (χ2v) is 25.8.